The van der Waals surface area contributed by atoms with Crippen molar-refractivity contribution in [3.8, 4) is 0 Å². The third-order valence-electron chi connectivity index (χ3n) is 15.7. The second kappa shape index (κ2) is 64.6. The first kappa shape index (κ1) is 73.1. The highest BCUT2D eigenvalue weighted by Gasteiger charge is 2.18. The number of aliphatic hydroxyl groups excluding tert-OH is 2. The van der Waals surface area contributed by atoms with Gasteiger partial charge in [0, 0.05) is 12.8 Å². The number of aliphatic hydroxyl groups is 2. The summed E-state index contributed by atoms with van der Waals surface area (Å²) >= 11 is 0. The van der Waals surface area contributed by atoms with Crippen LogP contribution in [0.1, 0.15) is 367 Å². The summed E-state index contributed by atoms with van der Waals surface area (Å²) in [4.78, 5) is 24.6. The van der Waals surface area contributed by atoms with E-state index < -0.39 is 12.1 Å². The molecule has 6 heteroatoms. The first-order chi connectivity index (χ1) is 37.0. The maximum Gasteiger partial charge on any atom is 0.305 e. The normalized spacial score (nSPS) is 12.7. The van der Waals surface area contributed by atoms with Crippen molar-refractivity contribution < 1.29 is 24.5 Å². The van der Waals surface area contributed by atoms with E-state index in [-0.39, 0.29) is 18.5 Å². The van der Waals surface area contributed by atoms with Gasteiger partial charge >= 0.3 is 5.97 Å². The molecule has 0 spiro atoms. The number of ether oxygens (including phenoxy) is 1. The van der Waals surface area contributed by atoms with Crippen molar-refractivity contribution in [1.82, 2.24) is 5.32 Å². The molecule has 442 valence electrons. The zero-order valence-electron chi connectivity index (χ0n) is 50.5. The highest BCUT2D eigenvalue weighted by molar-refractivity contribution is 5.76. The molecule has 0 radical (unpaired) electrons. The highest BCUT2D eigenvalue weighted by atomic mass is 16.5. The fraction of sp³-hybridized carbons (Fsp3) is 0.884. The number of carbonyl (C=O) groups is 2. The molecule has 0 heterocycles. The van der Waals surface area contributed by atoms with Gasteiger partial charge in [-0.15, -0.1) is 0 Å². The van der Waals surface area contributed by atoms with Gasteiger partial charge in [-0.05, 0) is 64.2 Å². The topological polar surface area (TPSA) is 95.9 Å². The van der Waals surface area contributed by atoms with Crippen LogP contribution < -0.4 is 5.32 Å². The van der Waals surface area contributed by atoms with E-state index >= 15 is 0 Å². The van der Waals surface area contributed by atoms with Crippen molar-refractivity contribution in [2.75, 3.05) is 13.2 Å². The zero-order valence-corrected chi connectivity index (χ0v) is 50.5. The van der Waals surface area contributed by atoms with E-state index in [0.29, 0.717) is 19.4 Å². The van der Waals surface area contributed by atoms with Gasteiger partial charge in [0.25, 0.3) is 0 Å². The fourth-order valence-corrected chi connectivity index (χ4v) is 10.5. The zero-order chi connectivity index (χ0) is 54.3. The monoisotopic (exact) mass is 1050 g/mol. The number of carbonyl (C=O) groups excluding carboxylic acids is 2. The lowest BCUT2D eigenvalue weighted by atomic mass is 10.0. The molecule has 0 aliphatic rings. The minimum atomic E-state index is -0.853. The highest BCUT2D eigenvalue weighted by Crippen LogP contribution is 2.18. The molecule has 0 aliphatic heterocycles. The molecule has 2 atom stereocenters. The molecule has 0 aromatic rings. The molecule has 0 bridgehead atoms. The molecule has 0 aliphatic carbocycles. The van der Waals surface area contributed by atoms with Crippen LogP contribution in [0.25, 0.3) is 0 Å². The lowest BCUT2D eigenvalue weighted by Crippen LogP contribution is -2.45. The van der Waals surface area contributed by atoms with E-state index in [1.165, 1.54) is 263 Å². The van der Waals surface area contributed by atoms with Crippen molar-refractivity contribution in [2.24, 2.45) is 0 Å². The van der Waals surface area contributed by atoms with E-state index in [2.05, 4.69) is 43.5 Å². The van der Waals surface area contributed by atoms with Gasteiger partial charge in [0.15, 0.2) is 0 Å². The van der Waals surface area contributed by atoms with Crippen LogP contribution in [0, 0.1) is 0 Å². The van der Waals surface area contributed by atoms with E-state index in [1.54, 1.807) is 6.08 Å². The Labute approximate surface area is 468 Å². The molecule has 0 aromatic carbocycles. The van der Waals surface area contributed by atoms with Crippen LogP contribution in [0.4, 0.5) is 0 Å². The molecule has 75 heavy (non-hydrogen) atoms. The van der Waals surface area contributed by atoms with Crippen LogP contribution >= 0.6 is 0 Å². The maximum absolute atomic E-state index is 12.5. The summed E-state index contributed by atoms with van der Waals surface area (Å²) in [5.41, 5.74) is 0. The summed E-state index contributed by atoms with van der Waals surface area (Å²) in [6, 6.07) is -0.637. The second-order valence-corrected chi connectivity index (χ2v) is 23.2. The van der Waals surface area contributed by atoms with Gasteiger partial charge in [-0.2, -0.15) is 0 Å². The van der Waals surface area contributed by atoms with E-state index in [0.717, 1.165) is 77.0 Å². The number of hydrogen-bond donors (Lipinski definition) is 3. The lowest BCUT2D eigenvalue weighted by molar-refractivity contribution is -0.143. The van der Waals surface area contributed by atoms with Gasteiger partial charge in [-0.3, -0.25) is 9.59 Å². The molecule has 0 saturated carbocycles. The average Bonchev–Trinajstić information content (AvgIpc) is 3.41. The molecule has 0 rings (SSSR count). The summed E-state index contributed by atoms with van der Waals surface area (Å²) < 4.78 is 5.46. The van der Waals surface area contributed by atoms with E-state index in [1.807, 2.05) is 6.08 Å². The van der Waals surface area contributed by atoms with Gasteiger partial charge in [0.1, 0.15) is 0 Å². The quantitative estimate of drug-likeness (QED) is 0.0244. The van der Waals surface area contributed by atoms with Gasteiger partial charge < -0.3 is 20.3 Å². The van der Waals surface area contributed by atoms with Crippen LogP contribution in [0.5, 0.6) is 0 Å². The molecule has 1 amide bonds. The summed E-state index contributed by atoms with van der Waals surface area (Å²) in [6.07, 6.45) is 82.0. The number of rotatable bonds is 63. The Morgan fingerprint density at radius 1 is 0.373 bits per heavy atom. The summed E-state index contributed by atoms with van der Waals surface area (Å²) in [7, 11) is 0. The largest absolute Gasteiger partial charge is 0.466 e. The van der Waals surface area contributed by atoms with Crippen molar-refractivity contribution in [1.29, 1.82) is 0 Å². The molecule has 6 nitrogen and oxygen atoms in total. The molecule has 0 fully saturated rings. The van der Waals surface area contributed by atoms with Crippen LogP contribution in [-0.4, -0.2) is 47.4 Å². The Morgan fingerprint density at radius 2 is 0.653 bits per heavy atom. The summed E-state index contributed by atoms with van der Waals surface area (Å²) in [5.74, 6) is -0.0849. The summed E-state index contributed by atoms with van der Waals surface area (Å²) in [6.45, 7) is 4.90. The molecule has 2 unspecified atom stereocenters. The van der Waals surface area contributed by atoms with Gasteiger partial charge in [-0.1, -0.05) is 326 Å². The standard InChI is InChI=1S/C69H131NO5/c1-3-5-7-9-11-13-15-17-19-20-21-22-23-24-25-27-30-34-37-41-45-49-53-57-61-67(72)66(65-71)70-68(73)62-58-54-50-46-42-38-35-31-28-26-29-32-36-40-44-48-52-56-60-64-75-69(74)63-59-55-51-47-43-39-33-18-16-14-12-10-8-6-4-2/h32,36,40,44,57,61,66-67,71-72H,3-31,33-35,37-39,41-43,45-56,58-60,62-65H2,1-2H3,(H,70,73)/b36-32-,44-40-,61-57+. The first-order valence-corrected chi connectivity index (χ1v) is 33.8. The molecule has 0 saturated heterocycles. The number of amides is 1. The van der Waals surface area contributed by atoms with Crippen LogP contribution in [0.15, 0.2) is 36.5 Å². The predicted molar refractivity (Wildman–Crippen MR) is 329 cm³/mol. The Hall–Kier alpha value is -1.92. The third kappa shape index (κ3) is 61.2. The van der Waals surface area contributed by atoms with Gasteiger partial charge in [0.2, 0.25) is 5.91 Å². The smallest absolute Gasteiger partial charge is 0.305 e. The second-order valence-electron chi connectivity index (χ2n) is 23.2. The minimum Gasteiger partial charge on any atom is -0.466 e. The van der Waals surface area contributed by atoms with Gasteiger partial charge in [-0.25, -0.2) is 0 Å². The number of unbranched alkanes of at least 4 members (excludes halogenated alkanes) is 49. The molecule has 3 N–H and O–H groups in total. The fourth-order valence-electron chi connectivity index (χ4n) is 10.5. The van der Waals surface area contributed by atoms with Crippen molar-refractivity contribution in [3.63, 3.8) is 0 Å². The maximum atomic E-state index is 12.5. The molecular formula is C69H131NO5. The number of allylic oxidation sites excluding steroid dienone is 5. The Bertz CT molecular complexity index is 1210. The van der Waals surface area contributed by atoms with Crippen LogP contribution in [0.2, 0.25) is 0 Å². The average molecular weight is 1050 g/mol. The van der Waals surface area contributed by atoms with Crippen LogP contribution in [-0.2, 0) is 14.3 Å². The molecule has 0 aromatic heterocycles. The number of esters is 1. The Balaban J connectivity index is 3.49. The molecular weight excluding hydrogens is 923 g/mol. The van der Waals surface area contributed by atoms with Gasteiger partial charge in [0.05, 0.1) is 25.4 Å². The van der Waals surface area contributed by atoms with Crippen molar-refractivity contribution in [3.05, 3.63) is 36.5 Å². The van der Waals surface area contributed by atoms with Crippen molar-refractivity contribution >= 4 is 11.9 Å². The van der Waals surface area contributed by atoms with Crippen molar-refractivity contribution in [2.45, 2.75) is 379 Å². The van der Waals surface area contributed by atoms with Crippen LogP contribution in [0.3, 0.4) is 0 Å². The summed E-state index contributed by atoms with van der Waals surface area (Å²) in [5, 5.41) is 23.2. The van der Waals surface area contributed by atoms with E-state index in [4.69, 9.17) is 4.74 Å². The third-order valence-corrected chi connectivity index (χ3v) is 15.7. The van der Waals surface area contributed by atoms with E-state index in [9.17, 15) is 19.8 Å². The Morgan fingerprint density at radius 3 is 0.987 bits per heavy atom. The SMILES string of the molecule is CCCCCCCCCCCCCCCCCCCCCCCC/C=C/C(O)C(CO)NC(=O)CCCCCCCCCCCC/C=C\C=C/CCCCCOC(=O)CCCCCCCCCCCCCCCCC. The minimum absolute atomic E-state index is 0.0107. The number of hydrogen-bond acceptors (Lipinski definition) is 5. The lowest BCUT2D eigenvalue weighted by Gasteiger charge is -2.20. The first-order valence-electron chi connectivity index (χ1n) is 33.8. The Kier molecular flexibility index (Phi) is 63.0. The number of nitrogens with one attached hydrogen (secondary N) is 1. The predicted octanol–water partition coefficient (Wildman–Crippen LogP) is 21.5.